The third-order valence-corrected chi connectivity index (χ3v) is 12.3. The number of aromatic nitrogens is 2. The predicted octanol–water partition coefficient (Wildman–Crippen LogP) is 16.2. The Kier molecular flexibility index (Phi) is 7.89. The van der Waals surface area contributed by atoms with Gasteiger partial charge in [-0.3, -0.25) is 0 Å². The SMILES string of the molecule is c1cc2cc(c1)c1ccc3ccc(cc3c1)c1cccc(c1)n1c3ccccc3c3cc(ccc31)c1cccc(c1)c1cccc(c1)c1cccc(c1)c1ccccc1[nH]2. The zero-order valence-electron chi connectivity index (χ0n) is 32.8. The van der Waals surface area contributed by atoms with Crippen LogP contribution in [0.2, 0.25) is 0 Å². The van der Waals surface area contributed by atoms with E-state index >= 15 is 0 Å². The summed E-state index contributed by atoms with van der Waals surface area (Å²) >= 11 is 0. The molecule has 0 aliphatic heterocycles. The van der Waals surface area contributed by atoms with Gasteiger partial charge in [0.05, 0.1) is 11.0 Å². The summed E-state index contributed by atoms with van der Waals surface area (Å²) in [6.45, 7) is 0. The Hall–Kier alpha value is -7.94. The number of hydrogen-bond acceptors (Lipinski definition) is 0. The van der Waals surface area contributed by atoms with Gasteiger partial charge in [-0.25, -0.2) is 0 Å². The van der Waals surface area contributed by atoms with E-state index in [0.717, 1.165) is 21.9 Å². The molecule has 0 saturated carbocycles. The molecular formula is C58H38N2. The van der Waals surface area contributed by atoms with Crippen molar-refractivity contribution in [2.75, 3.05) is 0 Å². The van der Waals surface area contributed by atoms with Crippen LogP contribution in [-0.2, 0) is 0 Å². The minimum Gasteiger partial charge on any atom is -0.355 e. The van der Waals surface area contributed by atoms with Gasteiger partial charge >= 0.3 is 0 Å². The lowest BCUT2D eigenvalue weighted by Gasteiger charge is -2.04. The number of nitrogens with zero attached hydrogens (tertiary/aromatic N) is 1. The van der Waals surface area contributed by atoms with Gasteiger partial charge in [0.1, 0.15) is 0 Å². The minimum absolute atomic E-state index is 1.05. The molecule has 0 unspecified atom stereocenters. The quantitative estimate of drug-likeness (QED) is 0.159. The summed E-state index contributed by atoms with van der Waals surface area (Å²) in [7, 11) is 0. The Balaban J connectivity index is 1.21. The number of fused-ring (bicyclic) bond motifs is 2. The van der Waals surface area contributed by atoms with E-state index in [9.17, 15) is 0 Å². The van der Waals surface area contributed by atoms with Crippen molar-refractivity contribution < 1.29 is 0 Å². The van der Waals surface area contributed by atoms with E-state index in [4.69, 9.17) is 0 Å². The smallest absolute Gasteiger partial charge is 0.0541 e. The Bertz CT molecular complexity index is 3950. The first-order chi connectivity index (χ1) is 29.7. The molecule has 17 bridgehead atoms. The number of hydrogen-bond donors (Lipinski definition) is 1. The van der Waals surface area contributed by atoms with Crippen molar-refractivity contribution in [3.63, 3.8) is 0 Å². The van der Waals surface area contributed by atoms with Crippen molar-refractivity contribution >= 4 is 114 Å². The first kappa shape index (κ1) is 34.1. The van der Waals surface area contributed by atoms with Gasteiger partial charge in [-0.15, -0.1) is 0 Å². The zero-order chi connectivity index (χ0) is 39.6. The van der Waals surface area contributed by atoms with Crippen LogP contribution >= 0.6 is 0 Å². The molecule has 0 radical (unpaired) electrons. The molecule has 60 heavy (non-hydrogen) atoms. The number of rotatable bonds is 0. The fourth-order valence-electron chi connectivity index (χ4n) is 9.26. The fourth-order valence-corrected chi connectivity index (χ4v) is 9.26. The average molecular weight is 763 g/mol. The first-order valence-corrected chi connectivity index (χ1v) is 20.6. The molecule has 1 N–H and O–H groups in total. The van der Waals surface area contributed by atoms with Crippen LogP contribution in [0.4, 0.5) is 0 Å². The highest BCUT2D eigenvalue weighted by molar-refractivity contribution is 6.12. The van der Waals surface area contributed by atoms with Gasteiger partial charge in [-0.1, -0.05) is 146 Å². The van der Waals surface area contributed by atoms with Crippen molar-refractivity contribution in [3.8, 4) is 0 Å². The van der Waals surface area contributed by atoms with Gasteiger partial charge < -0.3 is 9.38 Å². The lowest BCUT2D eigenvalue weighted by atomic mass is 10.0. The van der Waals surface area contributed by atoms with Gasteiger partial charge in [0, 0.05) is 32.7 Å². The number of para-hydroxylation sites is 2. The number of benzene rings is 10. The monoisotopic (exact) mass is 762 g/mol. The number of aromatic amines is 1. The van der Waals surface area contributed by atoms with Gasteiger partial charge in [0.15, 0.2) is 0 Å². The zero-order valence-corrected chi connectivity index (χ0v) is 32.8. The maximum Gasteiger partial charge on any atom is 0.0541 e. The summed E-state index contributed by atoms with van der Waals surface area (Å²) in [5, 5.41) is 19.1. The van der Waals surface area contributed by atoms with E-state index in [2.05, 4.69) is 234 Å². The molecule has 0 saturated heterocycles. The largest absolute Gasteiger partial charge is 0.355 e. The van der Waals surface area contributed by atoms with E-state index in [1.807, 2.05) is 0 Å². The Morgan fingerprint density at radius 2 is 0.700 bits per heavy atom. The van der Waals surface area contributed by atoms with Gasteiger partial charge in [-0.2, -0.15) is 0 Å². The molecule has 3 aromatic heterocycles. The molecular weight excluding hydrogens is 725 g/mol. The molecule has 0 aliphatic carbocycles. The van der Waals surface area contributed by atoms with Crippen LogP contribution in [0, 0.1) is 0 Å². The standard InChI is InChI=1S/C58H38N2/c1-3-22-56-53(20-1)49-17-7-14-43(32-49)41-12-5-10-39(30-41)40-11-6-13-42(31-40)48-28-29-58-55(37-48)54-21-2-4-23-57(54)60(58)52-19-9-16-45(36-52)47-27-25-38-24-26-46(33-50(38)34-47)44-15-8-18-51(35-44)59-56/h1-37,59H. The van der Waals surface area contributed by atoms with Crippen molar-refractivity contribution in [1.82, 2.24) is 9.38 Å². The highest BCUT2D eigenvalue weighted by Crippen LogP contribution is 2.33. The molecule has 13 rings (SSSR count). The van der Waals surface area contributed by atoms with Crippen LogP contribution in [0.25, 0.3) is 114 Å². The summed E-state index contributed by atoms with van der Waals surface area (Å²) in [6, 6.07) is 82.5. The lowest BCUT2D eigenvalue weighted by molar-refractivity contribution is 1.34. The molecule has 2 heteroatoms. The summed E-state index contributed by atoms with van der Waals surface area (Å²) < 4.78 is 2.42. The third-order valence-electron chi connectivity index (χ3n) is 12.3. The van der Waals surface area contributed by atoms with Gasteiger partial charge in [-0.05, 0) is 149 Å². The maximum atomic E-state index is 3.78. The highest BCUT2D eigenvalue weighted by atomic mass is 14.9. The van der Waals surface area contributed by atoms with Crippen LogP contribution in [0.5, 0.6) is 0 Å². The maximum absolute atomic E-state index is 3.78. The fraction of sp³-hybridized carbons (Fsp3) is 0. The molecule has 10 aromatic carbocycles. The minimum atomic E-state index is 1.05. The first-order valence-electron chi connectivity index (χ1n) is 20.6. The molecule has 0 fully saturated rings. The molecule has 13 aromatic rings. The van der Waals surface area contributed by atoms with Crippen molar-refractivity contribution in [2.45, 2.75) is 0 Å². The third kappa shape index (κ3) is 5.89. The van der Waals surface area contributed by atoms with E-state index in [0.29, 0.717) is 0 Å². The van der Waals surface area contributed by atoms with Crippen molar-refractivity contribution in [2.24, 2.45) is 0 Å². The average Bonchev–Trinajstić information content (AvgIpc) is 3.65. The Morgan fingerprint density at radius 1 is 0.250 bits per heavy atom. The number of nitrogens with one attached hydrogen (secondary N) is 1. The summed E-state index contributed by atoms with van der Waals surface area (Å²) in [5.74, 6) is 0. The van der Waals surface area contributed by atoms with Gasteiger partial charge in [0.25, 0.3) is 0 Å². The van der Waals surface area contributed by atoms with Crippen molar-refractivity contribution in [1.29, 1.82) is 0 Å². The second-order valence-corrected chi connectivity index (χ2v) is 15.9. The molecule has 2 nitrogen and oxygen atoms in total. The molecule has 280 valence electrons. The molecule has 0 aliphatic rings. The Labute approximate surface area is 346 Å². The second kappa shape index (κ2) is 13.9. The van der Waals surface area contributed by atoms with E-state index in [1.165, 1.54) is 91.8 Å². The summed E-state index contributed by atoms with van der Waals surface area (Å²) in [6.07, 6.45) is 0. The van der Waals surface area contributed by atoms with E-state index in [1.54, 1.807) is 0 Å². The van der Waals surface area contributed by atoms with Crippen LogP contribution in [0.3, 0.4) is 0 Å². The highest BCUT2D eigenvalue weighted by Gasteiger charge is 2.09. The normalized spacial score (nSPS) is 11.7. The second-order valence-electron chi connectivity index (χ2n) is 15.9. The van der Waals surface area contributed by atoms with Crippen molar-refractivity contribution in [3.05, 3.63) is 224 Å². The van der Waals surface area contributed by atoms with Crippen LogP contribution < -0.4 is 0 Å². The summed E-state index contributed by atoms with van der Waals surface area (Å²) in [4.78, 5) is 3.78. The van der Waals surface area contributed by atoms with Gasteiger partial charge in [0.2, 0.25) is 0 Å². The Morgan fingerprint density at radius 3 is 1.40 bits per heavy atom. The molecule has 0 spiro atoms. The van der Waals surface area contributed by atoms with E-state index < -0.39 is 0 Å². The van der Waals surface area contributed by atoms with Crippen LogP contribution in [-0.4, -0.2) is 9.38 Å². The lowest BCUT2D eigenvalue weighted by Crippen LogP contribution is -1.84. The molecule has 3 heterocycles. The van der Waals surface area contributed by atoms with Crippen LogP contribution in [0.15, 0.2) is 224 Å². The predicted molar refractivity (Wildman–Crippen MR) is 260 cm³/mol. The molecule has 0 amide bonds. The van der Waals surface area contributed by atoms with Crippen LogP contribution in [0.1, 0.15) is 0 Å². The molecule has 0 atom stereocenters. The van der Waals surface area contributed by atoms with E-state index in [-0.39, 0.29) is 0 Å². The summed E-state index contributed by atoms with van der Waals surface area (Å²) in [5.41, 5.74) is 5.65. The topological polar surface area (TPSA) is 20.2 Å². The number of H-pyrrole nitrogens is 1.